The van der Waals surface area contributed by atoms with Gasteiger partial charge in [0, 0.05) is 19.7 Å². The van der Waals surface area contributed by atoms with E-state index in [1.165, 1.54) is 0 Å². The third-order valence-corrected chi connectivity index (χ3v) is 5.41. The number of hydrogen-bond acceptors (Lipinski definition) is 4. The first-order chi connectivity index (χ1) is 10.0. The zero-order chi connectivity index (χ0) is 15.3. The lowest BCUT2D eigenvalue weighted by Crippen LogP contribution is -2.30. The van der Waals surface area contributed by atoms with Gasteiger partial charge in [-0.15, -0.1) is 0 Å². The third-order valence-electron chi connectivity index (χ3n) is 3.84. The van der Waals surface area contributed by atoms with E-state index >= 15 is 0 Å². The van der Waals surface area contributed by atoms with Crippen LogP contribution in [0.5, 0.6) is 0 Å². The molecular weight excluding hydrogens is 288 g/mol. The Balaban J connectivity index is 2.11. The second-order valence-corrected chi connectivity index (χ2v) is 7.14. The van der Waals surface area contributed by atoms with E-state index in [0.29, 0.717) is 24.6 Å². The van der Waals surface area contributed by atoms with Crippen LogP contribution < -0.4 is 10.0 Å². The van der Waals surface area contributed by atoms with E-state index in [2.05, 4.69) is 10.0 Å². The minimum atomic E-state index is -3.46. The van der Waals surface area contributed by atoms with Crippen LogP contribution in [0.4, 0.5) is 0 Å². The molecule has 0 bridgehead atoms. The SMILES string of the molecule is CCNCc1cccc(S(=O)(=O)NCC2CCOC2)c1C. The van der Waals surface area contributed by atoms with Crippen LogP contribution in [0, 0.1) is 12.8 Å². The van der Waals surface area contributed by atoms with Crippen molar-refractivity contribution in [2.24, 2.45) is 5.92 Å². The molecule has 0 radical (unpaired) electrons. The number of ether oxygens (including phenoxy) is 1. The van der Waals surface area contributed by atoms with Crippen LogP contribution in [0.1, 0.15) is 24.5 Å². The number of hydrogen-bond donors (Lipinski definition) is 2. The van der Waals surface area contributed by atoms with Crippen molar-refractivity contribution in [1.82, 2.24) is 10.0 Å². The standard InChI is InChI=1S/C15H24N2O3S/c1-3-16-10-14-5-4-6-15(12(14)2)21(18,19)17-9-13-7-8-20-11-13/h4-6,13,16-17H,3,7-11H2,1-2H3. The van der Waals surface area contributed by atoms with Crippen LogP contribution in [-0.2, 0) is 21.3 Å². The highest BCUT2D eigenvalue weighted by molar-refractivity contribution is 7.89. The molecule has 0 aromatic heterocycles. The summed E-state index contributed by atoms with van der Waals surface area (Å²) in [4.78, 5) is 0.372. The maximum Gasteiger partial charge on any atom is 0.240 e. The van der Waals surface area contributed by atoms with Crippen LogP contribution in [-0.4, -0.2) is 34.7 Å². The van der Waals surface area contributed by atoms with Gasteiger partial charge in [0.25, 0.3) is 0 Å². The van der Waals surface area contributed by atoms with Gasteiger partial charge < -0.3 is 10.1 Å². The molecule has 0 amide bonds. The summed E-state index contributed by atoms with van der Waals surface area (Å²) < 4.78 is 32.9. The van der Waals surface area contributed by atoms with E-state index in [4.69, 9.17) is 4.74 Å². The molecule has 118 valence electrons. The molecule has 1 aliphatic heterocycles. The molecule has 1 aromatic carbocycles. The number of nitrogens with one attached hydrogen (secondary N) is 2. The molecule has 1 aromatic rings. The first-order valence-electron chi connectivity index (χ1n) is 7.41. The Morgan fingerprint density at radius 3 is 2.86 bits per heavy atom. The quantitative estimate of drug-likeness (QED) is 0.799. The second kappa shape index (κ2) is 7.35. The van der Waals surface area contributed by atoms with Crippen LogP contribution in [0.3, 0.4) is 0 Å². The maximum atomic E-state index is 12.5. The molecule has 1 aliphatic rings. The summed E-state index contributed by atoms with van der Waals surface area (Å²) in [5.74, 6) is 0.282. The summed E-state index contributed by atoms with van der Waals surface area (Å²) in [6.07, 6.45) is 0.919. The summed E-state index contributed by atoms with van der Waals surface area (Å²) in [5.41, 5.74) is 1.83. The first-order valence-corrected chi connectivity index (χ1v) is 8.89. The molecule has 1 saturated heterocycles. The van der Waals surface area contributed by atoms with Crippen molar-refractivity contribution < 1.29 is 13.2 Å². The molecule has 2 N–H and O–H groups in total. The van der Waals surface area contributed by atoms with Gasteiger partial charge in [-0.05, 0) is 43.0 Å². The van der Waals surface area contributed by atoms with Crippen LogP contribution in [0.2, 0.25) is 0 Å². The Bertz CT molecular complexity index is 566. The van der Waals surface area contributed by atoms with Crippen molar-refractivity contribution in [3.05, 3.63) is 29.3 Å². The van der Waals surface area contributed by atoms with Crippen molar-refractivity contribution in [3.63, 3.8) is 0 Å². The van der Waals surface area contributed by atoms with Crippen LogP contribution in [0.25, 0.3) is 0 Å². The van der Waals surface area contributed by atoms with Crippen LogP contribution in [0.15, 0.2) is 23.1 Å². The predicted molar refractivity (Wildman–Crippen MR) is 82.7 cm³/mol. The fourth-order valence-electron chi connectivity index (χ4n) is 2.45. The topological polar surface area (TPSA) is 67.4 Å². The van der Waals surface area contributed by atoms with E-state index in [1.807, 2.05) is 19.9 Å². The Hall–Kier alpha value is -0.950. The van der Waals surface area contributed by atoms with Gasteiger partial charge in [0.05, 0.1) is 11.5 Å². The highest BCUT2D eigenvalue weighted by Gasteiger charge is 2.22. The molecule has 5 nitrogen and oxygen atoms in total. The monoisotopic (exact) mass is 312 g/mol. The smallest absolute Gasteiger partial charge is 0.240 e. The highest BCUT2D eigenvalue weighted by Crippen LogP contribution is 2.19. The van der Waals surface area contributed by atoms with Gasteiger partial charge >= 0.3 is 0 Å². The molecule has 0 aliphatic carbocycles. The molecule has 1 heterocycles. The Kier molecular flexibility index (Phi) is 5.75. The lowest BCUT2D eigenvalue weighted by molar-refractivity contribution is 0.186. The minimum absolute atomic E-state index is 0.282. The molecule has 1 unspecified atom stereocenters. The summed E-state index contributed by atoms with van der Waals surface area (Å²) in [6.45, 7) is 7.24. The first kappa shape index (κ1) is 16.4. The van der Waals surface area contributed by atoms with Crippen molar-refractivity contribution in [2.75, 3.05) is 26.3 Å². The highest BCUT2D eigenvalue weighted by atomic mass is 32.2. The van der Waals surface area contributed by atoms with E-state index < -0.39 is 10.0 Å². The van der Waals surface area contributed by atoms with E-state index in [0.717, 1.165) is 30.7 Å². The fourth-order valence-corrected chi connectivity index (χ4v) is 3.85. The number of rotatable bonds is 7. The van der Waals surface area contributed by atoms with Crippen molar-refractivity contribution in [1.29, 1.82) is 0 Å². The van der Waals surface area contributed by atoms with Crippen molar-refractivity contribution in [3.8, 4) is 0 Å². The lowest BCUT2D eigenvalue weighted by Gasteiger charge is -2.14. The van der Waals surface area contributed by atoms with Gasteiger partial charge in [0.2, 0.25) is 10.0 Å². The predicted octanol–water partition coefficient (Wildman–Crippen LogP) is 1.42. The summed E-state index contributed by atoms with van der Waals surface area (Å²) >= 11 is 0. The molecule has 21 heavy (non-hydrogen) atoms. The van der Waals surface area contributed by atoms with Crippen molar-refractivity contribution >= 4 is 10.0 Å². The Morgan fingerprint density at radius 2 is 2.19 bits per heavy atom. The average Bonchev–Trinajstić information content (AvgIpc) is 2.97. The third kappa shape index (κ3) is 4.26. The van der Waals surface area contributed by atoms with E-state index in [1.54, 1.807) is 12.1 Å². The zero-order valence-electron chi connectivity index (χ0n) is 12.7. The second-order valence-electron chi connectivity index (χ2n) is 5.40. The van der Waals surface area contributed by atoms with Gasteiger partial charge in [-0.25, -0.2) is 13.1 Å². The Morgan fingerprint density at radius 1 is 1.38 bits per heavy atom. The van der Waals surface area contributed by atoms with Gasteiger partial charge in [-0.1, -0.05) is 19.1 Å². The number of benzene rings is 1. The summed E-state index contributed by atoms with van der Waals surface area (Å²) in [5, 5.41) is 3.23. The lowest BCUT2D eigenvalue weighted by atomic mass is 10.1. The van der Waals surface area contributed by atoms with Gasteiger partial charge in [-0.2, -0.15) is 0 Å². The molecule has 1 fully saturated rings. The molecule has 1 atom stereocenters. The van der Waals surface area contributed by atoms with Gasteiger partial charge in [0.1, 0.15) is 0 Å². The molecule has 2 rings (SSSR count). The van der Waals surface area contributed by atoms with E-state index in [9.17, 15) is 8.42 Å². The number of sulfonamides is 1. The van der Waals surface area contributed by atoms with Gasteiger partial charge in [-0.3, -0.25) is 0 Å². The van der Waals surface area contributed by atoms with Crippen LogP contribution >= 0.6 is 0 Å². The summed E-state index contributed by atoms with van der Waals surface area (Å²) in [6, 6.07) is 5.42. The zero-order valence-corrected chi connectivity index (χ0v) is 13.5. The Labute approximate surface area is 127 Å². The maximum absolute atomic E-state index is 12.5. The fraction of sp³-hybridized carbons (Fsp3) is 0.600. The minimum Gasteiger partial charge on any atom is -0.381 e. The van der Waals surface area contributed by atoms with E-state index in [-0.39, 0.29) is 5.92 Å². The van der Waals surface area contributed by atoms with Gasteiger partial charge in [0.15, 0.2) is 0 Å². The molecule has 6 heteroatoms. The average molecular weight is 312 g/mol. The molecular formula is C15H24N2O3S. The normalized spacial score (nSPS) is 19.0. The largest absolute Gasteiger partial charge is 0.381 e. The van der Waals surface area contributed by atoms with Crippen molar-refractivity contribution in [2.45, 2.75) is 31.7 Å². The molecule has 0 saturated carbocycles. The molecule has 0 spiro atoms. The summed E-state index contributed by atoms with van der Waals surface area (Å²) in [7, 11) is -3.46.